The van der Waals surface area contributed by atoms with Crippen molar-refractivity contribution in [2.45, 2.75) is 0 Å². The summed E-state index contributed by atoms with van der Waals surface area (Å²) in [6, 6.07) is 9.52. The SMILES string of the molecule is Nc1ccc2nc(N)sc2c1.O=[N+]([O-])c1ccc2nc([N+](=O)[O-])sc2c1. The number of non-ortho nitro benzene ring substituents is 1. The zero-order valence-corrected chi connectivity index (χ0v) is 14.5. The fourth-order valence-corrected chi connectivity index (χ4v) is 3.65. The van der Waals surface area contributed by atoms with Gasteiger partial charge in [-0.15, -0.1) is 0 Å². The summed E-state index contributed by atoms with van der Waals surface area (Å²) < 4.78 is 1.48. The zero-order valence-electron chi connectivity index (χ0n) is 12.9. The molecule has 132 valence electrons. The molecule has 0 saturated carbocycles. The van der Waals surface area contributed by atoms with Gasteiger partial charge in [-0.2, -0.15) is 0 Å². The number of rotatable bonds is 2. The fourth-order valence-electron chi connectivity index (χ4n) is 2.05. The Hall–Kier alpha value is -3.38. The van der Waals surface area contributed by atoms with Crippen LogP contribution in [0.4, 0.5) is 21.6 Å². The number of benzene rings is 2. The molecule has 12 heteroatoms. The lowest BCUT2D eigenvalue weighted by Crippen LogP contribution is -1.86. The highest BCUT2D eigenvalue weighted by Gasteiger charge is 2.17. The van der Waals surface area contributed by atoms with Crippen LogP contribution in [0.2, 0.25) is 0 Å². The molecular weight excluding hydrogens is 380 g/mol. The van der Waals surface area contributed by atoms with E-state index in [9.17, 15) is 20.2 Å². The van der Waals surface area contributed by atoms with Gasteiger partial charge in [0.25, 0.3) is 5.69 Å². The summed E-state index contributed by atoms with van der Waals surface area (Å²) >= 11 is 2.28. The Morgan fingerprint density at radius 2 is 1.50 bits per heavy atom. The lowest BCUT2D eigenvalue weighted by atomic mass is 10.3. The third-order valence-corrected chi connectivity index (χ3v) is 4.97. The van der Waals surface area contributed by atoms with Crippen molar-refractivity contribution in [2.24, 2.45) is 0 Å². The first-order valence-electron chi connectivity index (χ1n) is 6.94. The lowest BCUT2D eigenvalue weighted by Gasteiger charge is -1.88. The van der Waals surface area contributed by atoms with Crippen LogP contribution in [-0.4, -0.2) is 19.8 Å². The van der Waals surface area contributed by atoms with Crippen molar-refractivity contribution in [3.63, 3.8) is 0 Å². The van der Waals surface area contributed by atoms with E-state index < -0.39 is 9.85 Å². The van der Waals surface area contributed by atoms with E-state index in [-0.39, 0.29) is 10.8 Å². The largest absolute Gasteiger partial charge is 0.424 e. The Morgan fingerprint density at radius 1 is 0.846 bits per heavy atom. The van der Waals surface area contributed by atoms with Gasteiger partial charge in [0, 0.05) is 17.8 Å². The van der Waals surface area contributed by atoms with Gasteiger partial charge in [0.05, 0.1) is 19.8 Å². The van der Waals surface area contributed by atoms with Crippen LogP contribution in [-0.2, 0) is 0 Å². The molecule has 0 amide bonds. The van der Waals surface area contributed by atoms with E-state index in [1.807, 2.05) is 18.2 Å². The predicted octanol–water partition coefficient (Wildman–Crippen LogP) is 3.57. The number of nitro benzene ring substituents is 1. The summed E-state index contributed by atoms with van der Waals surface area (Å²) in [7, 11) is 0. The van der Waals surface area contributed by atoms with Gasteiger partial charge in [0.1, 0.15) is 0 Å². The maximum absolute atomic E-state index is 10.4. The van der Waals surface area contributed by atoms with Gasteiger partial charge in [-0.3, -0.25) is 10.1 Å². The van der Waals surface area contributed by atoms with Crippen molar-refractivity contribution in [1.29, 1.82) is 0 Å². The number of nitrogens with zero attached hydrogens (tertiary/aromatic N) is 4. The van der Waals surface area contributed by atoms with Gasteiger partial charge in [-0.25, -0.2) is 4.98 Å². The number of hydrogen-bond donors (Lipinski definition) is 2. The Labute approximate surface area is 153 Å². The minimum Gasteiger partial charge on any atom is -0.399 e. The predicted molar refractivity (Wildman–Crippen MR) is 101 cm³/mol. The van der Waals surface area contributed by atoms with Crippen LogP contribution in [0.15, 0.2) is 36.4 Å². The quantitative estimate of drug-likeness (QED) is 0.298. The topological polar surface area (TPSA) is 164 Å². The highest BCUT2D eigenvalue weighted by molar-refractivity contribution is 7.22. The highest BCUT2D eigenvalue weighted by Crippen LogP contribution is 2.30. The fraction of sp³-hybridized carbons (Fsp3) is 0. The summed E-state index contributed by atoms with van der Waals surface area (Å²) in [6.07, 6.45) is 0. The van der Waals surface area contributed by atoms with Gasteiger partial charge >= 0.3 is 5.13 Å². The monoisotopic (exact) mass is 390 g/mol. The maximum atomic E-state index is 10.4. The minimum atomic E-state index is -0.615. The molecule has 0 bridgehead atoms. The van der Waals surface area contributed by atoms with E-state index in [0.717, 1.165) is 27.2 Å². The van der Waals surface area contributed by atoms with E-state index in [2.05, 4.69) is 9.97 Å². The third-order valence-electron chi connectivity index (χ3n) is 3.16. The first-order chi connectivity index (χ1) is 12.3. The molecule has 0 saturated heterocycles. The standard InChI is InChI=1S/C7H3N3O4S.C7H7N3S/c11-9(12)4-1-2-5-6(3-4)15-7(8-5)10(13)14;8-4-1-2-5-6(3-4)11-7(9)10-5/h1-3H;1-3H,8H2,(H2,9,10). The maximum Gasteiger partial charge on any atom is 0.424 e. The average Bonchev–Trinajstić information content (AvgIpc) is 3.16. The van der Waals surface area contributed by atoms with Crippen molar-refractivity contribution in [1.82, 2.24) is 9.97 Å². The van der Waals surface area contributed by atoms with Crippen molar-refractivity contribution in [3.05, 3.63) is 56.6 Å². The lowest BCUT2D eigenvalue weighted by molar-refractivity contribution is -0.384. The molecular formula is C14H10N6O4S2. The number of aromatic nitrogens is 2. The van der Waals surface area contributed by atoms with Crippen molar-refractivity contribution >= 4 is 64.7 Å². The van der Waals surface area contributed by atoms with E-state index >= 15 is 0 Å². The number of nitrogen functional groups attached to an aromatic ring is 2. The van der Waals surface area contributed by atoms with Crippen LogP contribution in [0.3, 0.4) is 0 Å². The number of fused-ring (bicyclic) bond motifs is 2. The number of thiazole rings is 2. The number of hydrogen-bond acceptors (Lipinski definition) is 10. The van der Waals surface area contributed by atoms with E-state index in [0.29, 0.717) is 15.3 Å². The van der Waals surface area contributed by atoms with Crippen LogP contribution in [0.5, 0.6) is 0 Å². The number of nitro groups is 2. The Morgan fingerprint density at radius 3 is 2.19 bits per heavy atom. The molecule has 0 aliphatic rings. The molecule has 0 aliphatic heterocycles. The number of anilines is 2. The molecule has 2 aromatic carbocycles. The number of nitrogens with two attached hydrogens (primary N) is 2. The van der Waals surface area contributed by atoms with Crippen molar-refractivity contribution in [2.75, 3.05) is 11.5 Å². The van der Waals surface area contributed by atoms with Crippen LogP contribution in [0.1, 0.15) is 0 Å². The van der Waals surface area contributed by atoms with Crippen LogP contribution in [0.25, 0.3) is 20.4 Å². The molecule has 0 spiro atoms. The molecule has 10 nitrogen and oxygen atoms in total. The summed E-state index contributed by atoms with van der Waals surface area (Å²) in [4.78, 5) is 27.5. The molecule has 0 unspecified atom stereocenters. The summed E-state index contributed by atoms with van der Waals surface area (Å²) in [5, 5.41) is 21.2. The van der Waals surface area contributed by atoms with Gasteiger partial charge in [-0.05, 0) is 45.5 Å². The van der Waals surface area contributed by atoms with Gasteiger partial charge in [0.2, 0.25) is 0 Å². The third kappa shape index (κ3) is 3.65. The van der Waals surface area contributed by atoms with Crippen LogP contribution in [0, 0.1) is 20.2 Å². The molecule has 2 aromatic heterocycles. The molecule has 0 radical (unpaired) electrons. The normalized spacial score (nSPS) is 10.5. The summed E-state index contributed by atoms with van der Waals surface area (Å²) in [5.74, 6) is 0. The molecule has 4 rings (SSSR count). The van der Waals surface area contributed by atoms with Gasteiger partial charge in [0.15, 0.2) is 10.6 Å². The summed E-state index contributed by atoms with van der Waals surface area (Å²) in [5.41, 5.74) is 13.1. The Bertz CT molecular complexity index is 1130. The zero-order chi connectivity index (χ0) is 18.8. The molecule has 2 heterocycles. The van der Waals surface area contributed by atoms with Crippen LogP contribution < -0.4 is 11.5 Å². The second-order valence-electron chi connectivity index (χ2n) is 4.94. The smallest absolute Gasteiger partial charge is 0.399 e. The Balaban J connectivity index is 0.000000158. The summed E-state index contributed by atoms with van der Waals surface area (Å²) in [6.45, 7) is 0. The molecule has 4 aromatic rings. The van der Waals surface area contributed by atoms with E-state index in [4.69, 9.17) is 11.5 Å². The van der Waals surface area contributed by atoms with E-state index in [1.165, 1.54) is 29.5 Å². The Kier molecular flexibility index (Phi) is 4.60. The molecule has 0 atom stereocenters. The van der Waals surface area contributed by atoms with E-state index in [1.54, 1.807) is 0 Å². The van der Waals surface area contributed by atoms with Crippen molar-refractivity contribution in [3.8, 4) is 0 Å². The van der Waals surface area contributed by atoms with Gasteiger partial charge in [-0.1, -0.05) is 11.3 Å². The highest BCUT2D eigenvalue weighted by atomic mass is 32.1. The molecule has 0 aliphatic carbocycles. The first kappa shape index (κ1) is 17.4. The second kappa shape index (κ2) is 6.85. The minimum absolute atomic E-state index is 0.0963. The molecule has 4 N–H and O–H groups in total. The first-order valence-corrected chi connectivity index (χ1v) is 8.57. The molecule has 26 heavy (non-hydrogen) atoms. The van der Waals surface area contributed by atoms with Crippen molar-refractivity contribution < 1.29 is 9.85 Å². The molecule has 0 fully saturated rings. The second-order valence-corrected chi connectivity index (χ2v) is 7.01. The van der Waals surface area contributed by atoms with Crippen LogP contribution >= 0.6 is 22.7 Å². The average molecular weight is 390 g/mol. The van der Waals surface area contributed by atoms with Gasteiger partial charge < -0.3 is 21.6 Å².